The van der Waals surface area contributed by atoms with Crippen molar-refractivity contribution in [2.45, 2.75) is 16.8 Å². The molecule has 0 aromatic heterocycles. The minimum atomic E-state index is -0.868. The van der Waals surface area contributed by atoms with Gasteiger partial charge in [-0.1, -0.05) is 273 Å². The third-order valence-corrected chi connectivity index (χ3v) is 16.1. The van der Waals surface area contributed by atoms with Crippen molar-refractivity contribution in [2.75, 3.05) is 145 Å². The highest BCUT2D eigenvalue weighted by Gasteiger charge is 2.40. The first kappa shape index (κ1) is 69.8. The molecule has 0 aliphatic heterocycles. The Bertz CT molecular complexity index is 2690. The molecule has 0 aliphatic rings. The van der Waals surface area contributed by atoms with Gasteiger partial charge >= 0.3 is 0 Å². The quantitative estimate of drug-likeness (QED) is 0.0287. The van der Waals surface area contributed by atoms with Crippen molar-refractivity contribution in [3.63, 3.8) is 0 Å². The van der Waals surface area contributed by atoms with Gasteiger partial charge in [0, 0.05) is 0 Å². The smallest absolute Gasteiger partial charge is 0.143 e. The first-order valence-corrected chi connectivity index (χ1v) is 32.4. The molecule has 0 unspecified atom stereocenters. The van der Waals surface area contributed by atoms with Crippen LogP contribution in [0.4, 0.5) is 0 Å². The number of benzene rings is 9. The van der Waals surface area contributed by atoms with E-state index in [-0.39, 0.29) is 26.4 Å². The zero-order valence-electron chi connectivity index (χ0n) is 53.4. The van der Waals surface area contributed by atoms with E-state index in [1.165, 1.54) is 0 Å². The Kier molecular flexibility index (Phi) is 29.4. The van der Waals surface area contributed by atoms with Gasteiger partial charge in [-0.3, -0.25) is 0 Å². The van der Waals surface area contributed by atoms with Crippen LogP contribution in [-0.4, -0.2) is 150 Å². The lowest BCUT2D eigenvalue weighted by atomic mass is 9.80. The lowest BCUT2D eigenvalue weighted by molar-refractivity contribution is -0.109. The summed E-state index contributed by atoms with van der Waals surface area (Å²) in [5.41, 5.74) is 5.98. The van der Waals surface area contributed by atoms with Crippen LogP contribution in [-0.2, 0) is 73.6 Å². The molecule has 0 bridgehead atoms. The first-order chi connectivity index (χ1) is 46.1. The van der Waals surface area contributed by atoms with Gasteiger partial charge in [0.05, 0.1) is 151 Å². The molecule has 488 valence electrons. The second kappa shape index (κ2) is 39.2. The summed E-state index contributed by atoms with van der Waals surface area (Å²) in [5.74, 6) is 0. The largest absolute Gasteiger partial charge is 0.396 e. The third-order valence-electron chi connectivity index (χ3n) is 16.1. The highest BCUT2D eigenvalue weighted by Crippen LogP contribution is 2.43. The van der Waals surface area contributed by atoms with E-state index in [9.17, 15) is 5.11 Å². The molecule has 0 saturated heterocycles. The molecule has 9 rings (SSSR count). The maximum atomic E-state index is 10.9. The van der Waals surface area contributed by atoms with Gasteiger partial charge in [-0.15, -0.1) is 0 Å². The fraction of sp³-hybridized carbons (Fsp3) is 0.325. The van der Waals surface area contributed by atoms with Crippen molar-refractivity contribution in [1.82, 2.24) is 0 Å². The van der Waals surface area contributed by atoms with Crippen LogP contribution in [0.15, 0.2) is 273 Å². The van der Waals surface area contributed by atoms with E-state index >= 15 is 0 Å². The Labute approximate surface area is 550 Å². The number of hydrogen-bond donors (Lipinski definition) is 1. The van der Waals surface area contributed by atoms with Gasteiger partial charge in [-0.25, -0.2) is 0 Å². The maximum absolute atomic E-state index is 10.9. The Morgan fingerprint density at radius 3 is 0.473 bits per heavy atom. The van der Waals surface area contributed by atoms with Crippen LogP contribution < -0.4 is 0 Å². The number of ether oxygens (including phenoxy) is 12. The summed E-state index contributed by atoms with van der Waals surface area (Å²) in [7, 11) is 0. The molecule has 0 radical (unpaired) electrons. The van der Waals surface area contributed by atoms with Gasteiger partial charge in [0.15, 0.2) is 0 Å². The highest BCUT2D eigenvalue weighted by atomic mass is 16.6. The highest BCUT2D eigenvalue weighted by molar-refractivity contribution is 5.50. The van der Waals surface area contributed by atoms with Gasteiger partial charge in [0.2, 0.25) is 0 Å². The Morgan fingerprint density at radius 2 is 0.323 bits per heavy atom. The molecule has 0 atom stereocenters. The average Bonchev–Trinajstić information content (AvgIpc) is 0.801. The maximum Gasteiger partial charge on any atom is 0.143 e. The van der Waals surface area contributed by atoms with Crippen molar-refractivity contribution in [2.24, 2.45) is 5.41 Å². The summed E-state index contributed by atoms with van der Waals surface area (Å²) in [6.45, 7) is 6.54. The van der Waals surface area contributed by atoms with Crippen LogP contribution in [0.1, 0.15) is 50.1 Å². The second-order valence-electron chi connectivity index (χ2n) is 22.4. The Balaban J connectivity index is 0.700. The van der Waals surface area contributed by atoms with Crippen LogP contribution in [0.3, 0.4) is 0 Å². The van der Waals surface area contributed by atoms with E-state index in [4.69, 9.17) is 56.8 Å². The summed E-state index contributed by atoms with van der Waals surface area (Å²) in [5, 5.41) is 10.9. The van der Waals surface area contributed by atoms with E-state index < -0.39 is 22.2 Å². The lowest BCUT2D eigenvalue weighted by Crippen LogP contribution is -2.41. The molecular formula is C80H90O13. The number of rotatable bonds is 46. The number of aliphatic hydroxyl groups excluding tert-OH is 1. The normalized spacial score (nSPS) is 12.1. The molecule has 0 aliphatic carbocycles. The zero-order chi connectivity index (χ0) is 64.1. The molecular weight excluding hydrogens is 1170 g/mol. The fourth-order valence-corrected chi connectivity index (χ4v) is 11.5. The number of aliphatic hydroxyl groups is 1. The predicted molar refractivity (Wildman–Crippen MR) is 362 cm³/mol. The minimum absolute atomic E-state index is 0.167. The van der Waals surface area contributed by atoms with Crippen LogP contribution in [0, 0.1) is 5.41 Å². The predicted octanol–water partition coefficient (Wildman–Crippen LogP) is 13.1. The van der Waals surface area contributed by atoms with Crippen molar-refractivity contribution < 1.29 is 61.9 Å². The van der Waals surface area contributed by atoms with Gasteiger partial charge in [0.1, 0.15) is 16.8 Å². The molecule has 9 aromatic rings. The topological polar surface area (TPSA) is 131 Å². The third kappa shape index (κ3) is 20.0. The minimum Gasteiger partial charge on any atom is -0.396 e. The van der Waals surface area contributed by atoms with E-state index in [1.807, 2.05) is 164 Å². The van der Waals surface area contributed by atoms with E-state index in [2.05, 4.69) is 109 Å². The SMILES string of the molecule is OCC(COCCOCCOCCOC(c1ccccc1)(c1ccccc1)c1ccccc1)(COCCOCCOCCOC(c1ccccc1)(c1ccccc1)c1ccccc1)COCCOCCOCCOC(c1ccccc1)(c1ccccc1)c1ccccc1. The summed E-state index contributed by atoms with van der Waals surface area (Å²) >= 11 is 0. The van der Waals surface area contributed by atoms with Crippen LogP contribution in [0.2, 0.25) is 0 Å². The van der Waals surface area contributed by atoms with Gasteiger partial charge < -0.3 is 61.9 Å². The molecule has 0 saturated carbocycles. The van der Waals surface area contributed by atoms with Gasteiger partial charge in [0.25, 0.3) is 0 Å². The summed E-state index contributed by atoms with van der Waals surface area (Å²) in [6, 6.07) is 92.7. The summed E-state index contributed by atoms with van der Waals surface area (Å²) < 4.78 is 74.9. The van der Waals surface area contributed by atoms with Crippen molar-refractivity contribution in [1.29, 1.82) is 0 Å². The molecule has 93 heavy (non-hydrogen) atoms. The Morgan fingerprint density at radius 1 is 0.183 bits per heavy atom. The van der Waals surface area contributed by atoms with E-state index in [1.54, 1.807) is 0 Å². The van der Waals surface area contributed by atoms with Crippen LogP contribution in [0.25, 0.3) is 0 Å². The first-order valence-electron chi connectivity index (χ1n) is 32.4. The molecule has 9 aromatic carbocycles. The number of hydrogen-bond acceptors (Lipinski definition) is 13. The fourth-order valence-electron chi connectivity index (χ4n) is 11.5. The average molecular weight is 1260 g/mol. The summed E-state index contributed by atoms with van der Waals surface area (Å²) in [4.78, 5) is 0. The molecule has 13 heteroatoms. The Hall–Kier alpha value is -7.54. The van der Waals surface area contributed by atoms with Crippen molar-refractivity contribution in [3.8, 4) is 0 Å². The molecule has 1 N–H and O–H groups in total. The van der Waals surface area contributed by atoms with Crippen molar-refractivity contribution in [3.05, 3.63) is 323 Å². The molecule has 0 fully saturated rings. The second-order valence-corrected chi connectivity index (χ2v) is 22.4. The van der Waals surface area contributed by atoms with Gasteiger partial charge in [-0.2, -0.15) is 0 Å². The standard InChI is InChI=1S/C80H90O13/c81-64-77(65-88-55-52-82-46-49-85-58-61-91-78(68-28-10-1-11-29-68,69-30-12-2-13-31-69)70-32-14-3-15-33-70,66-89-56-53-83-47-50-86-59-62-92-79(71-34-16-4-17-35-71,72-36-18-5-19-37-72)73-38-20-6-21-39-73)67-90-57-54-84-48-51-87-60-63-93-80(74-40-22-7-23-41-74,75-42-24-8-25-43-75)76-44-26-9-27-45-76/h1-45,81H,46-67H2. The van der Waals surface area contributed by atoms with E-state index in [0.717, 1.165) is 50.1 Å². The van der Waals surface area contributed by atoms with Crippen molar-refractivity contribution >= 4 is 0 Å². The summed E-state index contributed by atoms with van der Waals surface area (Å²) in [6.07, 6.45) is 0. The van der Waals surface area contributed by atoms with E-state index in [0.29, 0.717) is 119 Å². The molecule has 13 nitrogen and oxygen atoms in total. The van der Waals surface area contributed by atoms with Crippen LogP contribution >= 0.6 is 0 Å². The van der Waals surface area contributed by atoms with Crippen LogP contribution in [0.5, 0.6) is 0 Å². The molecule has 0 heterocycles. The zero-order valence-corrected chi connectivity index (χ0v) is 53.4. The monoisotopic (exact) mass is 1260 g/mol. The molecule has 0 spiro atoms. The lowest BCUT2D eigenvalue weighted by Gasteiger charge is -2.36. The van der Waals surface area contributed by atoms with Gasteiger partial charge in [-0.05, 0) is 50.1 Å². The molecule has 0 amide bonds.